The van der Waals surface area contributed by atoms with Gasteiger partial charge >= 0.3 is 0 Å². The first kappa shape index (κ1) is 14.2. The van der Waals surface area contributed by atoms with E-state index >= 15 is 0 Å². The molecule has 0 spiro atoms. The highest BCUT2D eigenvalue weighted by Crippen LogP contribution is 2.26. The number of hydrogen-bond donors (Lipinski definition) is 2. The molecule has 0 fully saturated rings. The van der Waals surface area contributed by atoms with Crippen LogP contribution in [0.3, 0.4) is 0 Å². The molecule has 2 rings (SSSR count). The zero-order valence-electron chi connectivity index (χ0n) is 12.2. The summed E-state index contributed by atoms with van der Waals surface area (Å²) in [6, 6.07) is 1.69. The van der Waals surface area contributed by atoms with Crippen LogP contribution >= 0.6 is 0 Å². The van der Waals surface area contributed by atoms with Crippen molar-refractivity contribution in [3.63, 3.8) is 0 Å². The van der Waals surface area contributed by atoms with Crippen LogP contribution in [-0.4, -0.2) is 21.8 Å². The molecule has 20 heavy (non-hydrogen) atoms. The van der Waals surface area contributed by atoms with E-state index in [2.05, 4.69) is 33.4 Å². The number of allylic oxidation sites excluding steroid dienone is 3. The molecule has 1 unspecified atom stereocenters. The van der Waals surface area contributed by atoms with E-state index in [9.17, 15) is 4.79 Å². The Kier molecular flexibility index (Phi) is 4.17. The molecule has 0 aromatic carbocycles. The van der Waals surface area contributed by atoms with Crippen LogP contribution < -0.4 is 5.43 Å². The number of aromatic nitrogens is 2. The summed E-state index contributed by atoms with van der Waals surface area (Å²) in [5.74, 6) is 0.106. The van der Waals surface area contributed by atoms with Gasteiger partial charge in [0.2, 0.25) is 0 Å². The van der Waals surface area contributed by atoms with Crippen molar-refractivity contribution in [2.75, 3.05) is 0 Å². The summed E-state index contributed by atoms with van der Waals surface area (Å²) in [4.78, 5) is 11.9. The quantitative estimate of drug-likeness (QED) is 0.656. The summed E-state index contributed by atoms with van der Waals surface area (Å²) in [5.41, 5.74) is 6.93. The Hall–Kier alpha value is -2.17. The van der Waals surface area contributed by atoms with Gasteiger partial charge in [-0.3, -0.25) is 9.89 Å². The number of hydrazone groups is 1. The highest BCUT2D eigenvalue weighted by atomic mass is 16.2. The molecule has 0 saturated carbocycles. The summed E-state index contributed by atoms with van der Waals surface area (Å²) in [5, 5.41) is 10.9. The Labute approximate surface area is 118 Å². The number of rotatable bonds is 3. The average Bonchev–Trinajstić information content (AvgIpc) is 2.84. The molecule has 0 aliphatic heterocycles. The lowest BCUT2D eigenvalue weighted by atomic mass is 9.85. The summed E-state index contributed by atoms with van der Waals surface area (Å²) < 4.78 is 0. The fourth-order valence-corrected chi connectivity index (χ4v) is 2.13. The van der Waals surface area contributed by atoms with Gasteiger partial charge in [-0.15, -0.1) is 0 Å². The fraction of sp³-hybridized carbons (Fsp3) is 0.400. The van der Waals surface area contributed by atoms with E-state index in [1.165, 1.54) is 0 Å². The van der Waals surface area contributed by atoms with Crippen molar-refractivity contribution in [3.05, 3.63) is 41.3 Å². The first-order valence-electron chi connectivity index (χ1n) is 6.69. The Morgan fingerprint density at radius 2 is 2.30 bits per heavy atom. The molecule has 1 aromatic heterocycles. The molecule has 1 aliphatic carbocycles. The monoisotopic (exact) mass is 272 g/mol. The first-order chi connectivity index (χ1) is 9.47. The molecular formula is C15H20N4O. The van der Waals surface area contributed by atoms with Crippen LogP contribution in [0.25, 0.3) is 0 Å². The predicted molar refractivity (Wildman–Crippen MR) is 79.5 cm³/mol. The van der Waals surface area contributed by atoms with Gasteiger partial charge in [0.05, 0.1) is 5.71 Å². The lowest BCUT2D eigenvalue weighted by molar-refractivity contribution is 0.0949. The van der Waals surface area contributed by atoms with Crippen LogP contribution in [-0.2, 0) is 0 Å². The molecule has 1 atom stereocenters. The second-order valence-corrected chi connectivity index (χ2v) is 5.31. The van der Waals surface area contributed by atoms with E-state index in [0.717, 1.165) is 35.4 Å². The second kappa shape index (κ2) is 5.86. The maximum atomic E-state index is 11.9. The van der Waals surface area contributed by atoms with Crippen LogP contribution in [0.2, 0.25) is 0 Å². The van der Waals surface area contributed by atoms with Gasteiger partial charge in [-0.1, -0.05) is 18.2 Å². The number of H-pyrrole nitrogens is 1. The van der Waals surface area contributed by atoms with Crippen molar-refractivity contribution in [3.8, 4) is 0 Å². The Morgan fingerprint density at radius 3 is 2.90 bits per heavy atom. The topological polar surface area (TPSA) is 70.1 Å². The van der Waals surface area contributed by atoms with Crippen LogP contribution in [0.15, 0.2) is 35.0 Å². The zero-order chi connectivity index (χ0) is 14.7. The van der Waals surface area contributed by atoms with E-state index in [1.807, 2.05) is 20.8 Å². The molecular weight excluding hydrogens is 252 g/mol. The van der Waals surface area contributed by atoms with Crippen LogP contribution in [0.1, 0.15) is 42.9 Å². The van der Waals surface area contributed by atoms with Gasteiger partial charge in [0.15, 0.2) is 5.69 Å². The third-order valence-electron chi connectivity index (χ3n) is 3.53. The molecule has 106 valence electrons. The Bertz CT molecular complexity index is 595. The van der Waals surface area contributed by atoms with Gasteiger partial charge in [-0.05, 0) is 51.2 Å². The van der Waals surface area contributed by atoms with Crippen molar-refractivity contribution in [2.24, 2.45) is 11.0 Å². The molecule has 1 aromatic rings. The van der Waals surface area contributed by atoms with Crippen LogP contribution in [0, 0.1) is 12.8 Å². The number of hydrogen-bond acceptors (Lipinski definition) is 3. The van der Waals surface area contributed by atoms with E-state index in [4.69, 9.17) is 0 Å². The van der Waals surface area contributed by atoms with Crippen LogP contribution in [0.5, 0.6) is 0 Å². The van der Waals surface area contributed by atoms with Gasteiger partial charge in [0, 0.05) is 5.69 Å². The third kappa shape index (κ3) is 3.23. The maximum Gasteiger partial charge on any atom is 0.291 e. The molecule has 5 heteroatoms. The highest BCUT2D eigenvalue weighted by Gasteiger charge is 2.19. The van der Waals surface area contributed by atoms with Gasteiger partial charge in [0.1, 0.15) is 0 Å². The van der Waals surface area contributed by atoms with Gasteiger partial charge in [0.25, 0.3) is 5.91 Å². The van der Waals surface area contributed by atoms with E-state index in [0.29, 0.717) is 11.6 Å². The average molecular weight is 272 g/mol. The van der Waals surface area contributed by atoms with Crippen molar-refractivity contribution < 1.29 is 4.79 Å². The lowest BCUT2D eigenvalue weighted by Crippen LogP contribution is -2.23. The van der Waals surface area contributed by atoms with Gasteiger partial charge in [-0.2, -0.15) is 10.2 Å². The third-order valence-corrected chi connectivity index (χ3v) is 3.53. The Morgan fingerprint density at radius 1 is 1.55 bits per heavy atom. The smallest absolute Gasteiger partial charge is 0.282 e. The van der Waals surface area contributed by atoms with Gasteiger partial charge < -0.3 is 0 Å². The zero-order valence-corrected chi connectivity index (χ0v) is 12.2. The molecule has 2 N–H and O–H groups in total. The summed E-state index contributed by atoms with van der Waals surface area (Å²) in [7, 11) is 0. The molecule has 5 nitrogen and oxygen atoms in total. The first-order valence-corrected chi connectivity index (χ1v) is 6.69. The van der Waals surface area contributed by atoms with E-state index in [1.54, 1.807) is 6.07 Å². The molecule has 1 amide bonds. The standard InChI is InChI=1S/C15H20N4O/c1-9(2)12-6-5-10(3)13(8-12)17-19-15(20)14-7-11(4)16-18-14/h5,7,12H,1,6,8H2,2-4H3,(H,16,18)(H,19,20)/b17-13-. The fourth-order valence-electron chi connectivity index (χ4n) is 2.13. The predicted octanol–water partition coefficient (Wildman–Crippen LogP) is 2.74. The lowest BCUT2D eigenvalue weighted by Gasteiger charge is -2.22. The van der Waals surface area contributed by atoms with E-state index < -0.39 is 0 Å². The van der Waals surface area contributed by atoms with Gasteiger partial charge in [-0.25, -0.2) is 5.43 Å². The number of aryl methyl sites for hydroxylation is 1. The van der Waals surface area contributed by atoms with Crippen molar-refractivity contribution in [2.45, 2.75) is 33.6 Å². The number of nitrogens with one attached hydrogen (secondary N) is 2. The minimum absolute atomic E-state index is 0.299. The van der Waals surface area contributed by atoms with Crippen LogP contribution in [0.4, 0.5) is 0 Å². The molecule has 0 saturated heterocycles. The molecule has 0 radical (unpaired) electrons. The largest absolute Gasteiger partial charge is 0.291 e. The number of nitrogens with zero attached hydrogens (tertiary/aromatic N) is 2. The normalized spacial score (nSPS) is 20.6. The molecule has 0 bridgehead atoms. The SMILES string of the molecule is C=C(C)C1CC=C(C)/C(=N\NC(=O)c2cc(C)[nH]n2)C1. The van der Waals surface area contributed by atoms with Crippen molar-refractivity contribution >= 4 is 11.6 Å². The number of carbonyl (C=O) groups excluding carboxylic acids is 1. The van der Waals surface area contributed by atoms with Crippen molar-refractivity contribution in [1.82, 2.24) is 15.6 Å². The second-order valence-electron chi connectivity index (χ2n) is 5.31. The summed E-state index contributed by atoms with van der Waals surface area (Å²) >= 11 is 0. The highest BCUT2D eigenvalue weighted by molar-refractivity contribution is 6.02. The summed E-state index contributed by atoms with van der Waals surface area (Å²) in [6.45, 7) is 9.89. The number of amides is 1. The minimum Gasteiger partial charge on any atom is -0.282 e. The summed E-state index contributed by atoms with van der Waals surface area (Å²) in [6.07, 6.45) is 3.96. The molecule has 1 heterocycles. The number of aromatic amines is 1. The van der Waals surface area contributed by atoms with Crippen molar-refractivity contribution in [1.29, 1.82) is 0 Å². The molecule has 1 aliphatic rings. The van der Waals surface area contributed by atoms with E-state index in [-0.39, 0.29) is 5.91 Å². The maximum absolute atomic E-state index is 11.9. The Balaban J connectivity index is 2.06. The number of carbonyl (C=O) groups is 1. The minimum atomic E-state index is -0.299.